The zero-order chi connectivity index (χ0) is 16.7. The summed E-state index contributed by atoms with van der Waals surface area (Å²) >= 11 is 0. The van der Waals surface area contributed by atoms with Gasteiger partial charge in [-0.2, -0.15) is 0 Å². The monoisotopic (exact) mass is 392 g/mol. The molecular weight excluding hydrogens is 371 g/mol. The molecule has 4 rings (SSSR count). The molecule has 0 aliphatic carbocycles. The van der Waals surface area contributed by atoms with Crippen LogP contribution < -0.4 is 10.7 Å². The van der Waals surface area contributed by atoms with Gasteiger partial charge in [0.1, 0.15) is 6.33 Å². The first-order valence-corrected chi connectivity index (χ1v) is 8.19. The van der Waals surface area contributed by atoms with Crippen molar-refractivity contribution in [1.29, 1.82) is 0 Å². The Bertz CT molecular complexity index is 1080. The fourth-order valence-corrected chi connectivity index (χ4v) is 3.29. The number of nitrogens with zero attached hydrogens (tertiary/aromatic N) is 3. The van der Waals surface area contributed by atoms with Crippen molar-refractivity contribution >= 4 is 57.8 Å². The van der Waals surface area contributed by atoms with Crippen LogP contribution in [-0.4, -0.2) is 41.5 Å². The van der Waals surface area contributed by atoms with Crippen LogP contribution >= 0.6 is 24.8 Å². The minimum Gasteiger partial charge on any atom is -0.384 e. The van der Waals surface area contributed by atoms with E-state index in [2.05, 4.69) is 29.3 Å². The quantitative estimate of drug-likeness (QED) is 0.416. The smallest absolute Gasteiger partial charge is 0.199 e. The molecule has 0 bridgehead atoms. The van der Waals surface area contributed by atoms with Gasteiger partial charge in [-0.15, -0.1) is 24.8 Å². The number of nitrogens with one attached hydrogen (secondary N) is 1. The Kier molecular flexibility index (Phi) is 6.29. The van der Waals surface area contributed by atoms with Crippen LogP contribution in [0.1, 0.15) is 6.42 Å². The van der Waals surface area contributed by atoms with Crippen LogP contribution in [0.25, 0.3) is 27.3 Å². The second kappa shape index (κ2) is 8.08. The number of aromatic nitrogens is 2. The molecule has 0 fully saturated rings. The minimum absolute atomic E-state index is 0. The molecule has 2 heterocycles. The minimum atomic E-state index is 0. The summed E-state index contributed by atoms with van der Waals surface area (Å²) < 4.78 is 2.02. The normalized spacial score (nSPS) is 11.0. The summed E-state index contributed by atoms with van der Waals surface area (Å²) in [6, 6.07) is 11.7. The third-order valence-corrected chi connectivity index (χ3v) is 4.44. The maximum absolute atomic E-state index is 13.1. The zero-order valence-corrected chi connectivity index (χ0v) is 16.4. The molecule has 0 aliphatic heterocycles. The number of halogens is 2. The Labute approximate surface area is 164 Å². The van der Waals surface area contributed by atoms with E-state index in [4.69, 9.17) is 0 Å². The van der Waals surface area contributed by atoms with Gasteiger partial charge in [0.15, 0.2) is 5.43 Å². The number of rotatable bonds is 5. The third kappa shape index (κ3) is 3.30. The number of hydrogen-bond donors (Lipinski definition) is 1. The summed E-state index contributed by atoms with van der Waals surface area (Å²) in [6.07, 6.45) is 2.82. The molecule has 2 aromatic carbocycles. The molecule has 7 heteroatoms. The van der Waals surface area contributed by atoms with Crippen LogP contribution in [0, 0.1) is 0 Å². The van der Waals surface area contributed by atoms with Crippen molar-refractivity contribution in [2.45, 2.75) is 6.42 Å². The lowest BCUT2D eigenvalue weighted by atomic mass is 10.1. The van der Waals surface area contributed by atoms with Crippen molar-refractivity contribution < 1.29 is 0 Å². The molecule has 0 saturated carbocycles. The predicted octanol–water partition coefficient (Wildman–Crippen LogP) is 3.65. The predicted molar refractivity (Wildman–Crippen MR) is 114 cm³/mol. The average molecular weight is 393 g/mol. The van der Waals surface area contributed by atoms with Crippen LogP contribution in [0.2, 0.25) is 0 Å². The summed E-state index contributed by atoms with van der Waals surface area (Å²) in [5.41, 5.74) is 3.62. The second-order valence-electron chi connectivity index (χ2n) is 6.40. The fourth-order valence-electron chi connectivity index (χ4n) is 3.29. The van der Waals surface area contributed by atoms with E-state index < -0.39 is 0 Å². The van der Waals surface area contributed by atoms with Crippen LogP contribution in [0.4, 0.5) is 5.69 Å². The Hall–Kier alpha value is -2.08. The molecule has 0 atom stereocenters. The lowest BCUT2D eigenvalue weighted by molar-refractivity contribution is 0.405. The van der Waals surface area contributed by atoms with Crippen LogP contribution in [0.5, 0.6) is 0 Å². The highest BCUT2D eigenvalue weighted by atomic mass is 35.5. The van der Waals surface area contributed by atoms with Gasteiger partial charge in [0.25, 0.3) is 0 Å². The number of imidazole rings is 1. The summed E-state index contributed by atoms with van der Waals surface area (Å²) in [5, 5.41) is 4.89. The molecule has 2 aromatic heterocycles. The highest BCUT2D eigenvalue weighted by Crippen LogP contribution is 2.28. The largest absolute Gasteiger partial charge is 0.384 e. The van der Waals surface area contributed by atoms with Crippen molar-refractivity contribution in [3.8, 4) is 0 Å². The summed E-state index contributed by atoms with van der Waals surface area (Å²) in [4.78, 5) is 19.7. The van der Waals surface area contributed by atoms with Gasteiger partial charge in [0, 0.05) is 17.6 Å². The zero-order valence-electron chi connectivity index (χ0n) is 14.7. The van der Waals surface area contributed by atoms with Crippen molar-refractivity contribution in [3.63, 3.8) is 0 Å². The van der Waals surface area contributed by atoms with Crippen LogP contribution in [0.15, 0.2) is 47.5 Å². The summed E-state index contributed by atoms with van der Waals surface area (Å²) in [7, 11) is 4.13. The van der Waals surface area contributed by atoms with E-state index in [0.717, 1.165) is 52.5 Å². The molecule has 0 spiro atoms. The maximum Gasteiger partial charge on any atom is 0.199 e. The van der Waals surface area contributed by atoms with Gasteiger partial charge in [-0.25, -0.2) is 4.98 Å². The van der Waals surface area contributed by atoms with E-state index in [1.807, 2.05) is 40.8 Å². The summed E-state index contributed by atoms with van der Waals surface area (Å²) in [5.74, 6) is 0. The Morgan fingerprint density at radius 1 is 1.12 bits per heavy atom. The van der Waals surface area contributed by atoms with Gasteiger partial charge in [-0.05, 0) is 51.3 Å². The van der Waals surface area contributed by atoms with Crippen molar-refractivity contribution in [3.05, 3.63) is 52.9 Å². The van der Waals surface area contributed by atoms with E-state index >= 15 is 0 Å². The SMILES string of the molecule is CN(C)CCCNc1ccc2ncn3c4ccccc4c(=O)c1c23.Cl.Cl. The highest BCUT2D eigenvalue weighted by molar-refractivity contribution is 6.06. The van der Waals surface area contributed by atoms with E-state index in [9.17, 15) is 4.79 Å². The average Bonchev–Trinajstić information content (AvgIpc) is 3.01. The van der Waals surface area contributed by atoms with Crippen LogP contribution in [0.3, 0.4) is 0 Å². The van der Waals surface area contributed by atoms with E-state index in [0.29, 0.717) is 0 Å². The van der Waals surface area contributed by atoms with Gasteiger partial charge in [0.2, 0.25) is 0 Å². The molecule has 0 radical (unpaired) electrons. The standard InChI is InChI=1S/C19H20N4O.2ClH/c1-22(2)11-5-10-20-14-8-9-15-18-17(14)19(24)13-6-3-4-7-16(13)23(18)12-21-15;;/h3-4,6-9,12,20H,5,10-11H2,1-2H3;2*1H. The van der Waals surface area contributed by atoms with Crippen LogP contribution in [-0.2, 0) is 0 Å². The molecule has 138 valence electrons. The fraction of sp³-hybridized carbons (Fsp3) is 0.263. The lowest BCUT2D eigenvalue weighted by Crippen LogP contribution is -2.17. The molecular formula is C19H22Cl2N4O. The lowest BCUT2D eigenvalue weighted by Gasteiger charge is -2.13. The van der Waals surface area contributed by atoms with Gasteiger partial charge in [0.05, 0.1) is 21.9 Å². The number of para-hydroxylation sites is 1. The molecule has 0 aliphatic rings. The number of fused-ring (bicyclic) bond motifs is 2. The Morgan fingerprint density at radius 3 is 2.65 bits per heavy atom. The third-order valence-electron chi connectivity index (χ3n) is 4.44. The number of anilines is 1. The van der Waals surface area contributed by atoms with Gasteiger partial charge >= 0.3 is 0 Å². The molecule has 0 amide bonds. The summed E-state index contributed by atoms with van der Waals surface area (Å²) in [6.45, 7) is 1.85. The Balaban J connectivity index is 0.00000121. The molecule has 5 nitrogen and oxygen atoms in total. The van der Waals surface area contributed by atoms with E-state index in [1.54, 1.807) is 6.33 Å². The first-order chi connectivity index (χ1) is 11.7. The van der Waals surface area contributed by atoms with E-state index in [-0.39, 0.29) is 30.2 Å². The van der Waals surface area contributed by atoms with Crippen molar-refractivity contribution in [1.82, 2.24) is 14.3 Å². The molecule has 1 N–H and O–H groups in total. The first kappa shape index (κ1) is 20.2. The Morgan fingerprint density at radius 2 is 1.88 bits per heavy atom. The van der Waals surface area contributed by atoms with Gasteiger partial charge < -0.3 is 10.2 Å². The number of benzene rings is 2. The van der Waals surface area contributed by atoms with Gasteiger partial charge in [-0.1, -0.05) is 12.1 Å². The first-order valence-electron chi connectivity index (χ1n) is 8.19. The number of pyridine rings is 1. The van der Waals surface area contributed by atoms with E-state index in [1.165, 1.54) is 0 Å². The second-order valence-corrected chi connectivity index (χ2v) is 6.40. The molecule has 4 aromatic rings. The van der Waals surface area contributed by atoms with Crippen molar-refractivity contribution in [2.75, 3.05) is 32.5 Å². The molecule has 0 unspecified atom stereocenters. The topological polar surface area (TPSA) is 49.6 Å². The highest BCUT2D eigenvalue weighted by Gasteiger charge is 2.15. The van der Waals surface area contributed by atoms with Crippen molar-refractivity contribution in [2.24, 2.45) is 0 Å². The molecule has 0 saturated heterocycles. The maximum atomic E-state index is 13.1. The molecule has 26 heavy (non-hydrogen) atoms. The van der Waals surface area contributed by atoms with Gasteiger partial charge in [-0.3, -0.25) is 9.20 Å². The number of hydrogen-bond acceptors (Lipinski definition) is 4.